The van der Waals surface area contributed by atoms with E-state index in [1.54, 1.807) is 24.3 Å². The maximum atomic E-state index is 13.7. The molecular formula is C24H17F4N5O3. The summed E-state index contributed by atoms with van der Waals surface area (Å²) in [5, 5.41) is 12.4. The number of rotatable bonds is 6. The van der Waals surface area contributed by atoms with Crippen molar-refractivity contribution in [3.63, 3.8) is 0 Å². The summed E-state index contributed by atoms with van der Waals surface area (Å²) in [6.07, 6.45) is -5.19. The zero-order chi connectivity index (χ0) is 25.9. The summed E-state index contributed by atoms with van der Waals surface area (Å²) in [7, 11) is 0. The molecule has 12 heteroatoms. The van der Waals surface area contributed by atoms with Gasteiger partial charge in [-0.05, 0) is 54.6 Å². The highest BCUT2D eigenvalue weighted by atomic mass is 19.4. The van der Waals surface area contributed by atoms with Crippen LogP contribution in [-0.2, 0) is 17.5 Å². The lowest BCUT2D eigenvalue weighted by Gasteiger charge is -2.16. The lowest BCUT2D eigenvalue weighted by atomic mass is 10.1. The third-order valence-corrected chi connectivity index (χ3v) is 5.14. The number of aromatic nitrogens is 3. The Bertz CT molecular complexity index is 1500. The van der Waals surface area contributed by atoms with Crippen LogP contribution in [0.5, 0.6) is 0 Å². The van der Waals surface area contributed by atoms with Gasteiger partial charge in [0.2, 0.25) is 5.91 Å². The summed E-state index contributed by atoms with van der Waals surface area (Å²) in [4.78, 5) is 37.1. The van der Waals surface area contributed by atoms with Crippen molar-refractivity contribution < 1.29 is 27.2 Å². The van der Waals surface area contributed by atoms with E-state index in [0.29, 0.717) is 17.0 Å². The number of alkyl halides is 3. The van der Waals surface area contributed by atoms with E-state index < -0.39 is 40.6 Å². The zero-order valence-corrected chi connectivity index (χ0v) is 18.3. The second kappa shape index (κ2) is 9.94. The smallest absolute Gasteiger partial charge is 0.325 e. The molecule has 2 N–H and O–H groups in total. The molecule has 1 aromatic heterocycles. The average molecular weight is 499 g/mol. The quantitative estimate of drug-likeness (QED) is 0.386. The fraction of sp³-hybridized carbons (Fsp3) is 0.125. The number of hydrogen-bond acceptors (Lipinski definition) is 5. The maximum absolute atomic E-state index is 13.7. The zero-order valence-electron chi connectivity index (χ0n) is 18.3. The van der Waals surface area contributed by atoms with Gasteiger partial charge in [0, 0.05) is 17.7 Å². The summed E-state index contributed by atoms with van der Waals surface area (Å²) in [6.45, 7) is -0.199. The second-order valence-electron chi connectivity index (χ2n) is 7.65. The number of carbonyl (C=O) groups excluding carboxylic acids is 2. The Balaban J connectivity index is 1.48. The van der Waals surface area contributed by atoms with Crippen molar-refractivity contribution in [1.82, 2.24) is 15.0 Å². The van der Waals surface area contributed by atoms with Gasteiger partial charge in [0.1, 0.15) is 11.3 Å². The van der Waals surface area contributed by atoms with Gasteiger partial charge in [-0.15, -0.1) is 5.10 Å². The number of nitrogens with one attached hydrogen (secondary N) is 2. The van der Waals surface area contributed by atoms with Crippen LogP contribution in [0.2, 0.25) is 0 Å². The number of amides is 2. The van der Waals surface area contributed by atoms with E-state index in [2.05, 4.69) is 20.9 Å². The van der Waals surface area contributed by atoms with E-state index in [0.717, 1.165) is 22.9 Å². The molecule has 0 aliphatic carbocycles. The molecule has 184 valence electrons. The van der Waals surface area contributed by atoms with Crippen LogP contribution in [0, 0.1) is 5.82 Å². The molecule has 0 unspecified atom stereocenters. The molecule has 2 amide bonds. The van der Waals surface area contributed by atoms with Crippen molar-refractivity contribution in [2.75, 3.05) is 10.6 Å². The first kappa shape index (κ1) is 24.5. The second-order valence-corrected chi connectivity index (χ2v) is 7.65. The van der Waals surface area contributed by atoms with E-state index in [4.69, 9.17) is 0 Å². The van der Waals surface area contributed by atoms with Crippen molar-refractivity contribution in [3.05, 3.63) is 94.0 Å². The Hall–Kier alpha value is -4.61. The first-order valence-corrected chi connectivity index (χ1v) is 10.5. The predicted octanol–water partition coefficient (Wildman–Crippen LogP) is 4.23. The van der Waals surface area contributed by atoms with Crippen molar-refractivity contribution in [2.24, 2.45) is 0 Å². The molecular weight excluding hydrogens is 482 g/mol. The van der Waals surface area contributed by atoms with Crippen LogP contribution in [0.15, 0.2) is 71.5 Å². The maximum Gasteiger partial charge on any atom is 0.418 e. The normalized spacial score (nSPS) is 11.3. The molecule has 3 aromatic carbocycles. The number of hydrogen-bond donors (Lipinski definition) is 2. The van der Waals surface area contributed by atoms with E-state index in [1.165, 1.54) is 18.2 Å². The lowest BCUT2D eigenvalue weighted by molar-refractivity contribution is -0.136. The molecule has 0 saturated heterocycles. The molecule has 0 atom stereocenters. The molecule has 0 aliphatic rings. The number of anilines is 2. The van der Waals surface area contributed by atoms with Gasteiger partial charge < -0.3 is 10.6 Å². The van der Waals surface area contributed by atoms with Crippen LogP contribution < -0.4 is 16.2 Å². The number of aryl methyl sites for hydroxylation is 1. The van der Waals surface area contributed by atoms with Gasteiger partial charge in [0.25, 0.3) is 11.5 Å². The van der Waals surface area contributed by atoms with Crippen LogP contribution in [-0.4, -0.2) is 26.8 Å². The molecule has 4 rings (SSSR count). The standard InChI is InChI=1S/C24H17F4N5O3/c25-15-7-5-14(6-8-15)22(35)29-16-9-10-20(18(13-16)24(26,27)28)30-21(34)11-12-33-23(36)17-3-1-2-4-19(17)31-32-33/h1-10,13H,11-12H2,(H,29,35)(H,30,34). The molecule has 36 heavy (non-hydrogen) atoms. The van der Waals surface area contributed by atoms with Gasteiger partial charge in [-0.3, -0.25) is 14.4 Å². The van der Waals surface area contributed by atoms with Gasteiger partial charge in [-0.1, -0.05) is 17.3 Å². The molecule has 0 bridgehead atoms. The summed E-state index contributed by atoms with van der Waals surface area (Å²) in [5.74, 6) is -2.09. The number of carbonyl (C=O) groups is 2. The summed E-state index contributed by atoms with van der Waals surface area (Å²) in [5.41, 5.74) is -1.93. The molecule has 1 heterocycles. The fourth-order valence-electron chi connectivity index (χ4n) is 3.36. The summed E-state index contributed by atoms with van der Waals surface area (Å²) < 4.78 is 55.0. The Kier molecular flexibility index (Phi) is 6.77. The molecule has 8 nitrogen and oxygen atoms in total. The number of benzene rings is 3. The summed E-state index contributed by atoms with van der Waals surface area (Å²) in [6, 6.07) is 13.8. The Morgan fingerprint density at radius 1 is 0.944 bits per heavy atom. The molecule has 0 aliphatic heterocycles. The average Bonchev–Trinajstić information content (AvgIpc) is 2.84. The molecule has 0 spiro atoms. The van der Waals surface area contributed by atoms with Crippen molar-refractivity contribution in [3.8, 4) is 0 Å². The van der Waals surface area contributed by atoms with Gasteiger partial charge in [-0.25, -0.2) is 9.07 Å². The van der Waals surface area contributed by atoms with Crippen LogP contribution in [0.4, 0.5) is 28.9 Å². The van der Waals surface area contributed by atoms with Gasteiger partial charge in [0.05, 0.1) is 23.2 Å². The van der Waals surface area contributed by atoms with Crippen LogP contribution >= 0.6 is 0 Å². The van der Waals surface area contributed by atoms with E-state index in [-0.39, 0.29) is 24.2 Å². The first-order valence-electron chi connectivity index (χ1n) is 10.5. The van der Waals surface area contributed by atoms with E-state index >= 15 is 0 Å². The van der Waals surface area contributed by atoms with E-state index in [9.17, 15) is 31.9 Å². The highest BCUT2D eigenvalue weighted by Crippen LogP contribution is 2.36. The largest absolute Gasteiger partial charge is 0.418 e. The third kappa shape index (κ3) is 5.54. The molecule has 4 aromatic rings. The van der Waals surface area contributed by atoms with Gasteiger partial charge in [-0.2, -0.15) is 13.2 Å². The molecule has 0 fully saturated rings. The van der Waals surface area contributed by atoms with Crippen LogP contribution in [0.25, 0.3) is 10.9 Å². The number of nitrogens with zero attached hydrogens (tertiary/aromatic N) is 3. The SMILES string of the molecule is O=C(CCn1nnc2ccccc2c1=O)Nc1ccc(NC(=O)c2ccc(F)cc2)cc1C(F)(F)F. The van der Waals surface area contributed by atoms with Crippen LogP contribution in [0.3, 0.4) is 0 Å². The van der Waals surface area contributed by atoms with Crippen LogP contribution in [0.1, 0.15) is 22.3 Å². The van der Waals surface area contributed by atoms with Gasteiger partial charge >= 0.3 is 6.18 Å². The number of halogens is 4. The Morgan fingerprint density at radius 2 is 1.67 bits per heavy atom. The third-order valence-electron chi connectivity index (χ3n) is 5.14. The minimum atomic E-state index is -4.85. The Labute approximate surface area is 200 Å². The lowest BCUT2D eigenvalue weighted by Crippen LogP contribution is -2.27. The minimum Gasteiger partial charge on any atom is -0.325 e. The fourth-order valence-corrected chi connectivity index (χ4v) is 3.36. The van der Waals surface area contributed by atoms with E-state index in [1.807, 2.05) is 0 Å². The van der Waals surface area contributed by atoms with Gasteiger partial charge in [0.15, 0.2) is 0 Å². The highest BCUT2D eigenvalue weighted by Gasteiger charge is 2.34. The van der Waals surface area contributed by atoms with Crippen molar-refractivity contribution >= 4 is 34.1 Å². The monoisotopic (exact) mass is 499 g/mol. The highest BCUT2D eigenvalue weighted by molar-refractivity contribution is 6.04. The Morgan fingerprint density at radius 3 is 2.39 bits per heavy atom. The topological polar surface area (TPSA) is 106 Å². The molecule has 0 radical (unpaired) electrons. The first-order chi connectivity index (χ1) is 17.1. The predicted molar refractivity (Wildman–Crippen MR) is 123 cm³/mol. The minimum absolute atomic E-state index is 0.0503. The van der Waals surface area contributed by atoms with Crippen molar-refractivity contribution in [1.29, 1.82) is 0 Å². The summed E-state index contributed by atoms with van der Waals surface area (Å²) >= 11 is 0. The number of fused-ring (bicyclic) bond motifs is 1. The van der Waals surface area contributed by atoms with Crippen molar-refractivity contribution in [2.45, 2.75) is 19.1 Å². The molecule has 0 saturated carbocycles.